The molecule has 3 aromatic rings. The van der Waals surface area contributed by atoms with E-state index in [-0.39, 0.29) is 24.0 Å². The van der Waals surface area contributed by atoms with E-state index in [4.69, 9.17) is 0 Å². The lowest BCUT2D eigenvalue weighted by Gasteiger charge is -2.09. The molecule has 3 rings (SSSR count). The molecule has 1 amide bonds. The highest BCUT2D eigenvalue weighted by atomic mass is 19.1. The first-order valence-corrected chi connectivity index (χ1v) is 8.49. The summed E-state index contributed by atoms with van der Waals surface area (Å²) in [6, 6.07) is 16.0. The molecule has 0 saturated heterocycles. The summed E-state index contributed by atoms with van der Waals surface area (Å²) < 4.78 is 17.6. The number of benzene rings is 2. The van der Waals surface area contributed by atoms with E-state index in [0.29, 0.717) is 11.3 Å². The van der Waals surface area contributed by atoms with Crippen LogP contribution >= 0.6 is 0 Å². The van der Waals surface area contributed by atoms with Crippen LogP contribution in [-0.2, 0) is 11.3 Å². The lowest BCUT2D eigenvalue weighted by Crippen LogP contribution is -2.23. The van der Waals surface area contributed by atoms with Crippen molar-refractivity contribution < 1.29 is 18.7 Å². The van der Waals surface area contributed by atoms with Gasteiger partial charge in [0.1, 0.15) is 11.5 Å². The van der Waals surface area contributed by atoms with E-state index in [1.165, 1.54) is 25.4 Å². The zero-order valence-corrected chi connectivity index (χ0v) is 15.1. The first kappa shape index (κ1) is 19.0. The number of rotatable bonds is 6. The summed E-state index contributed by atoms with van der Waals surface area (Å²) in [4.78, 5) is 27.9. The molecule has 0 spiro atoms. The maximum absolute atomic E-state index is 12.9. The van der Waals surface area contributed by atoms with E-state index in [0.717, 1.165) is 11.3 Å². The molecule has 0 bridgehead atoms. The van der Waals surface area contributed by atoms with E-state index >= 15 is 0 Å². The molecule has 0 radical (unpaired) electrons. The van der Waals surface area contributed by atoms with Crippen molar-refractivity contribution in [1.29, 1.82) is 0 Å². The monoisotopic (exact) mass is 379 g/mol. The Morgan fingerprint density at radius 3 is 2.39 bits per heavy atom. The Morgan fingerprint density at radius 2 is 1.71 bits per heavy atom. The molecule has 1 aromatic heterocycles. The molecule has 0 atom stereocenters. The van der Waals surface area contributed by atoms with Gasteiger partial charge in [0, 0.05) is 24.1 Å². The van der Waals surface area contributed by atoms with E-state index in [2.05, 4.69) is 20.4 Å². The Hall–Kier alpha value is -3.74. The van der Waals surface area contributed by atoms with Crippen molar-refractivity contribution in [3.8, 4) is 0 Å². The van der Waals surface area contributed by atoms with Crippen LogP contribution in [0.5, 0.6) is 0 Å². The van der Waals surface area contributed by atoms with Crippen LogP contribution in [0.1, 0.15) is 26.4 Å². The largest absolute Gasteiger partial charge is 0.465 e. The van der Waals surface area contributed by atoms with Crippen LogP contribution in [0.15, 0.2) is 66.9 Å². The molecule has 0 unspecified atom stereocenters. The molecular weight excluding hydrogens is 361 g/mol. The molecule has 2 N–H and O–H groups in total. The normalized spacial score (nSPS) is 10.2. The fraction of sp³-hybridized carbons (Fsp3) is 0.0952. The van der Waals surface area contributed by atoms with Crippen molar-refractivity contribution in [2.45, 2.75) is 6.54 Å². The van der Waals surface area contributed by atoms with Gasteiger partial charge in [-0.2, -0.15) is 0 Å². The van der Waals surface area contributed by atoms with Gasteiger partial charge >= 0.3 is 5.97 Å². The van der Waals surface area contributed by atoms with E-state index in [9.17, 15) is 14.0 Å². The predicted molar refractivity (Wildman–Crippen MR) is 103 cm³/mol. The predicted octanol–water partition coefficient (Wildman–Crippen LogP) is 3.68. The summed E-state index contributed by atoms with van der Waals surface area (Å²) in [6.07, 6.45) is 1.53. The van der Waals surface area contributed by atoms with Crippen molar-refractivity contribution >= 4 is 23.3 Å². The Labute approximate surface area is 161 Å². The number of amides is 1. The van der Waals surface area contributed by atoms with Gasteiger partial charge in [-0.3, -0.25) is 9.78 Å². The zero-order valence-electron chi connectivity index (χ0n) is 15.1. The number of halogens is 1. The van der Waals surface area contributed by atoms with Crippen LogP contribution in [0.3, 0.4) is 0 Å². The first-order chi connectivity index (χ1) is 13.5. The van der Waals surface area contributed by atoms with Gasteiger partial charge in [-0.15, -0.1) is 0 Å². The second kappa shape index (κ2) is 8.77. The number of carbonyl (C=O) groups is 2. The van der Waals surface area contributed by atoms with Gasteiger partial charge in [0.25, 0.3) is 5.91 Å². The SMILES string of the molecule is COC(=O)c1ccc(Nc2ccnc(C(=O)NCc3ccc(F)cc3)c2)cc1. The van der Waals surface area contributed by atoms with Crippen molar-refractivity contribution in [3.05, 3.63) is 89.5 Å². The average molecular weight is 379 g/mol. The molecular formula is C21H18FN3O3. The third kappa shape index (κ3) is 4.91. The summed E-state index contributed by atoms with van der Waals surface area (Å²) in [5.74, 6) is -1.07. The van der Waals surface area contributed by atoms with Crippen LogP contribution in [0.25, 0.3) is 0 Å². The molecule has 0 aliphatic carbocycles. The summed E-state index contributed by atoms with van der Waals surface area (Å²) in [5.41, 5.74) is 2.90. The zero-order chi connectivity index (χ0) is 19.9. The molecule has 0 saturated carbocycles. The second-order valence-corrected chi connectivity index (χ2v) is 5.93. The summed E-state index contributed by atoms with van der Waals surface area (Å²) >= 11 is 0. The Kier molecular flexibility index (Phi) is 5.96. The van der Waals surface area contributed by atoms with Gasteiger partial charge < -0.3 is 15.4 Å². The minimum Gasteiger partial charge on any atom is -0.465 e. The van der Waals surface area contributed by atoms with Crippen molar-refractivity contribution in [1.82, 2.24) is 10.3 Å². The van der Waals surface area contributed by atoms with Crippen molar-refractivity contribution in [2.75, 3.05) is 12.4 Å². The van der Waals surface area contributed by atoms with Gasteiger partial charge in [0.05, 0.1) is 12.7 Å². The summed E-state index contributed by atoms with van der Waals surface area (Å²) in [7, 11) is 1.33. The fourth-order valence-corrected chi connectivity index (χ4v) is 2.48. The summed E-state index contributed by atoms with van der Waals surface area (Å²) in [5, 5.41) is 5.90. The smallest absolute Gasteiger partial charge is 0.337 e. The van der Waals surface area contributed by atoms with E-state index in [1.54, 1.807) is 48.5 Å². The topological polar surface area (TPSA) is 80.3 Å². The van der Waals surface area contributed by atoms with Crippen molar-refractivity contribution in [3.63, 3.8) is 0 Å². The molecule has 6 nitrogen and oxygen atoms in total. The lowest BCUT2D eigenvalue weighted by molar-refractivity contribution is 0.0600. The number of methoxy groups -OCH3 is 1. The molecule has 142 valence electrons. The molecule has 7 heteroatoms. The van der Waals surface area contributed by atoms with Crippen molar-refractivity contribution in [2.24, 2.45) is 0 Å². The van der Waals surface area contributed by atoms with Crippen LogP contribution < -0.4 is 10.6 Å². The number of hydrogen-bond donors (Lipinski definition) is 2. The molecule has 0 fully saturated rings. The average Bonchev–Trinajstić information content (AvgIpc) is 2.73. The maximum Gasteiger partial charge on any atom is 0.337 e. The van der Waals surface area contributed by atoms with Crippen LogP contribution in [0.4, 0.5) is 15.8 Å². The number of esters is 1. The number of anilines is 2. The first-order valence-electron chi connectivity index (χ1n) is 8.49. The lowest BCUT2D eigenvalue weighted by atomic mass is 10.2. The molecule has 0 aliphatic heterocycles. The molecule has 1 heterocycles. The Bertz CT molecular complexity index is 973. The van der Waals surface area contributed by atoms with E-state index in [1.807, 2.05) is 0 Å². The second-order valence-electron chi connectivity index (χ2n) is 5.93. The highest BCUT2D eigenvalue weighted by Crippen LogP contribution is 2.18. The standard InChI is InChI=1S/C21H18FN3O3/c1-28-21(27)15-4-8-17(9-5-15)25-18-10-11-23-19(12-18)20(26)24-13-14-2-6-16(22)7-3-14/h2-12H,13H2,1H3,(H,23,25)(H,24,26). The maximum atomic E-state index is 12.9. The van der Waals surface area contributed by atoms with Gasteiger partial charge in [-0.05, 0) is 54.1 Å². The molecule has 28 heavy (non-hydrogen) atoms. The molecule has 2 aromatic carbocycles. The highest BCUT2D eigenvalue weighted by Gasteiger charge is 2.09. The minimum absolute atomic E-state index is 0.248. The molecule has 0 aliphatic rings. The number of hydrogen-bond acceptors (Lipinski definition) is 5. The number of nitrogens with zero attached hydrogens (tertiary/aromatic N) is 1. The third-order valence-corrected chi connectivity index (χ3v) is 3.95. The van der Waals surface area contributed by atoms with Crippen LogP contribution in [0, 0.1) is 5.82 Å². The highest BCUT2D eigenvalue weighted by molar-refractivity contribution is 5.93. The summed E-state index contributed by atoms with van der Waals surface area (Å²) in [6.45, 7) is 0.271. The number of aromatic nitrogens is 1. The number of pyridine rings is 1. The number of ether oxygens (including phenoxy) is 1. The Morgan fingerprint density at radius 1 is 1.00 bits per heavy atom. The number of nitrogens with one attached hydrogen (secondary N) is 2. The minimum atomic E-state index is -0.407. The van der Waals surface area contributed by atoms with Gasteiger partial charge in [0.2, 0.25) is 0 Å². The Balaban J connectivity index is 1.63. The third-order valence-electron chi connectivity index (χ3n) is 3.95. The fourth-order valence-electron chi connectivity index (χ4n) is 2.48. The van der Waals surface area contributed by atoms with Gasteiger partial charge in [0.15, 0.2) is 0 Å². The van der Waals surface area contributed by atoms with Gasteiger partial charge in [-0.1, -0.05) is 12.1 Å². The number of carbonyl (C=O) groups excluding carboxylic acids is 2. The quantitative estimate of drug-likeness (QED) is 0.639. The van der Waals surface area contributed by atoms with Gasteiger partial charge in [-0.25, -0.2) is 9.18 Å². The van der Waals surface area contributed by atoms with Crippen LogP contribution in [0.2, 0.25) is 0 Å². The van der Waals surface area contributed by atoms with Crippen LogP contribution in [-0.4, -0.2) is 24.0 Å². The van der Waals surface area contributed by atoms with E-state index < -0.39 is 5.97 Å².